The van der Waals surface area contributed by atoms with Crippen molar-refractivity contribution in [3.63, 3.8) is 0 Å². The highest BCUT2D eigenvalue weighted by atomic mass is 16.2. The van der Waals surface area contributed by atoms with Gasteiger partial charge in [-0.05, 0) is 32.8 Å². The summed E-state index contributed by atoms with van der Waals surface area (Å²) < 4.78 is 0. The van der Waals surface area contributed by atoms with Gasteiger partial charge < -0.3 is 4.90 Å². The standard InChI is InChI=1S/C15H20N2O/c1-4-17(5-2)15(18)14(11-16)10-13-8-6-12(3)7-9-13/h6-9,14H,4-5,10H2,1-3H3. The largest absolute Gasteiger partial charge is 0.342 e. The summed E-state index contributed by atoms with van der Waals surface area (Å²) in [7, 11) is 0. The maximum Gasteiger partial charge on any atom is 0.240 e. The molecule has 3 nitrogen and oxygen atoms in total. The number of amides is 1. The highest BCUT2D eigenvalue weighted by molar-refractivity contribution is 5.81. The van der Waals surface area contributed by atoms with Crippen LogP contribution >= 0.6 is 0 Å². The van der Waals surface area contributed by atoms with E-state index in [9.17, 15) is 4.79 Å². The monoisotopic (exact) mass is 244 g/mol. The van der Waals surface area contributed by atoms with Crippen LogP contribution in [0.5, 0.6) is 0 Å². The minimum atomic E-state index is -0.576. The Hall–Kier alpha value is -1.82. The molecular weight excluding hydrogens is 224 g/mol. The summed E-state index contributed by atoms with van der Waals surface area (Å²) in [6, 6.07) is 10.1. The van der Waals surface area contributed by atoms with Crippen molar-refractivity contribution in [3.05, 3.63) is 35.4 Å². The third-order valence-corrected chi connectivity index (χ3v) is 3.09. The van der Waals surface area contributed by atoms with Gasteiger partial charge in [0.05, 0.1) is 6.07 Å². The first-order chi connectivity index (χ1) is 8.62. The molecule has 1 unspecified atom stereocenters. The van der Waals surface area contributed by atoms with Crippen LogP contribution in [-0.2, 0) is 11.2 Å². The Kier molecular flexibility index (Phi) is 5.38. The van der Waals surface area contributed by atoms with Gasteiger partial charge >= 0.3 is 0 Å². The maximum absolute atomic E-state index is 12.1. The number of rotatable bonds is 5. The van der Waals surface area contributed by atoms with Gasteiger partial charge in [-0.15, -0.1) is 0 Å². The fourth-order valence-corrected chi connectivity index (χ4v) is 1.90. The number of hydrogen-bond acceptors (Lipinski definition) is 2. The van der Waals surface area contributed by atoms with Gasteiger partial charge in [0.25, 0.3) is 0 Å². The lowest BCUT2D eigenvalue weighted by molar-refractivity contribution is -0.133. The molecule has 1 rings (SSSR count). The van der Waals surface area contributed by atoms with E-state index >= 15 is 0 Å². The molecule has 0 aromatic heterocycles. The third-order valence-electron chi connectivity index (χ3n) is 3.09. The van der Waals surface area contributed by atoms with Crippen LogP contribution in [0.15, 0.2) is 24.3 Å². The third kappa shape index (κ3) is 3.59. The Labute approximate surface area is 109 Å². The lowest BCUT2D eigenvalue weighted by Gasteiger charge is -2.21. The predicted molar refractivity (Wildman–Crippen MR) is 71.9 cm³/mol. The average Bonchev–Trinajstić information content (AvgIpc) is 2.39. The van der Waals surface area contributed by atoms with E-state index in [4.69, 9.17) is 5.26 Å². The molecule has 0 saturated heterocycles. The fourth-order valence-electron chi connectivity index (χ4n) is 1.90. The zero-order chi connectivity index (χ0) is 13.5. The van der Waals surface area contributed by atoms with E-state index in [1.54, 1.807) is 4.90 Å². The summed E-state index contributed by atoms with van der Waals surface area (Å²) in [5, 5.41) is 9.15. The molecular formula is C15H20N2O. The van der Waals surface area contributed by atoms with Crippen molar-refractivity contribution in [3.8, 4) is 6.07 Å². The molecule has 0 bridgehead atoms. The Morgan fingerprint density at radius 2 is 1.83 bits per heavy atom. The minimum Gasteiger partial charge on any atom is -0.342 e. The van der Waals surface area contributed by atoms with E-state index in [0.29, 0.717) is 19.5 Å². The molecule has 0 aliphatic heterocycles. The Morgan fingerprint density at radius 3 is 2.28 bits per heavy atom. The van der Waals surface area contributed by atoms with Crippen molar-refractivity contribution in [1.29, 1.82) is 5.26 Å². The van der Waals surface area contributed by atoms with Gasteiger partial charge in [-0.1, -0.05) is 29.8 Å². The van der Waals surface area contributed by atoms with Crippen LogP contribution in [0.4, 0.5) is 0 Å². The molecule has 0 heterocycles. The summed E-state index contributed by atoms with van der Waals surface area (Å²) in [4.78, 5) is 13.8. The van der Waals surface area contributed by atoms with E-state index in [1.807, 2.05) is 45.0 Å². The van der Waals surface area contributed by atoms with Crippen molar-refractivity contribution < 1.29 is 4.79 Å². The molecule has 0 spiro atoms. The van der Waals surface area contributed by atoms with Gasteiger partial charge in [0, 0.05) is 13.1 Å². The summed E-state index contributed by atoms with van der Waals surface area (Å²) in [5.41, 5.74) is 2.22. The molecule has 0 N–H and O–H groups in total. The molecule has 96 valence electrons. The molecule has 1 atom stereocenters. The van der Waals surface area contributed by atoms with E-state index in [-0.39, 0.29) is 5.91 Å². The Bertz CT molecular complexity index is 427. The molecule has 1 aromatic rings. The molecule has 0 fully saturated rings. The fraction of sp³-hybridized carbons (Fsp3) is 0.467. The Balaban J connectivity index is 2.76. The van der Waals surface area contributed by atoms with Crippen LogP contribution in [0.25, 0.3) is 0 Å². The maximum atomic E-state index is 12.1. The quantitative estimate of drug-likeness (QED) is 0.799. The van der Waals surface area contributed by atoms with Crippen molar-refractivity contribution in [2.75, 3.05) is 13.1 Å². The van der Waals surface area contributed by atoms with E-state index < -0.39 is 5.92 Å². The predicted octanol–water partition coefficient (Wildman–Crippen LogP) is 2.55. The first kappa shape index (κ1) is 14.2. The molecule has 0 aliphatic carbocycles. The average molecular weight is 244 g/mol. The summed E-state index contributed by atoms with van der Waals surface area (Å²) in [6.45, 7) is 7.19. The molecule has 3 heteroatoms. The van der Waals surface area contributed by atoms with Gasteiger partial charge in [0.1, 0.15) is 5.92 Å². The number of aryl methyl sites for hydroxylation is 1. The first-order valence-electron chi connectivity index (χ1n) is 6.36. The van der Waals surface area contributed by atoms with Crippen molar-refractivity contribution in [2.24, 2.45) is 5.92 Å². The van der Waals surface area contributed by atoms with Gasteiger partial charge in [-0.2, -0.15) is 5.26 Å². The van der Waals surface area contributed by atoms with Gasteiger partial charge in [0.15, 0.2) is 0 Å². The van der Waals surface area contributed by atoms with Gasteiger partial charge in [-0.3, -0.25) is 4.79 Å². The second-order valence-corrected chi connectivity index (χ2v) is 4.38. The summed E-state index contributed by atoms with van der Waals surface area (Å²) in [5.74, 6) is -0.643. The highest BCUT2D eigenvalue weighted by Gasteiger charge is 2.22. The number of nitriles is 1. The lowest BCUT2D eigenvalue weighted by Crippen LogP contribution is -2.36. The molecule has 0 saturated carbocycles. The number of carbonyl (C=O) groups is 1. The second-order valence-electron chi connectivity index (χ2n) is 4.38. The minimum absolute atomic E-state index is 0.0666. The van der Waals surface area contributed by atoms with E-state index in [1.165, 1.54) is 5.56 Å². The van der Waals surface area contributed by atoms with Crippen LogP contribution in [0.3, 0.4) is 0 Å². The number of benzene rings is 1. The van der Waals surface area contributed by atoms with Gasteiger partial charge in [-0.25, -0.2) is 0 Å². The van der Waals surface area contributed by atoms with E-state index in [0.717, 1.165) is 5.56 Å². The smallest absolute Gasteiger partial charge is 0.240 e. The van der Waals surface area contributed by atoms with Crippen LogP contribution < -0.4 is 0 Å². The number of nitrogens with zero attached hydrogens (tertiary/aromatic N) is 2. The van der Waals surface area contributed by atoms with Gasteiger partial charge in [0.2, 0.25) is 5.91 Å². The molecule has 1 amide bonds. The normalized spacial score (nSPS) is 11.7. The Morgan fingerprint density at radius 1 is 1.28 bits per heavy atom. The van der Waals surface area contributed by atoms with Crippen LogP contribution in [0.1, 0.15) is 25.0 Å². The topological polar surface area (TPSA) is 44.1 Å². The van der Waals surface area contributed by atoms with E-state index in [2.05, 4.69) is 6.07 Å². The summed E-state index contributed by atoms with van der Waals surface area (Å²) in [6.07, 6.45) is 0.492. The van der Waals surface area contributed by atoms with Crippen LogP contribution in [0, 0.1) is 24.2 Å². The number of carbonyl (C=O) groups excluding carboxylic acids is 1. The van der Waals surface area contributed by atoms with Crippen molar-refractivity contribution in [2.45, 2.75) is 27.2 Å². The second kappa shape index (κ2) is 6.80. The summed E-state index contributed by atoms with van der Waals surface area (Å²) >= 11 is 0. The van der Waals surface area contributed by atoms with Crippen LogP contribution in [0.2, 0.25) is 0 Å². The SMILES string of the molecule is CCN(CC)C(=O)C(C#N)Cc1ccc(C)cc1. The first-order valence-corrected chi connectivity index (χ1v) is 6.36. The highest BCUT2D eigenvalue weighted by Crippen LogP contribution is 2.12. The van der Waals surface area contributed by atoms with Crippen LogP contribution in [-0.4, -0.2) is 23.9 Å². The molecule has 0 radical (unpaired) electrons. The van der Waals surface area contributed by atoms with Crippen molar-refractivity contribution >= 4 is 5.91 Å². The molecule has 18 heavy (non-hydrogen) atoms. The molecule has 0 aliphatic rings. The molecule has 1 aromatic carbocycles. The zero-order valence-electron chi connectivity index (χ0n) is 11.3. The lowest BCUT2D eigenvalue weighted by atomic mass is 9.98. The van der Waals surface area contributed by atoms with Crippen molar-refractivity contribution in [1.82, 2.24) is 4.90 Å². The zero-order valence-corrected chi connectivity index (χ0v) is 11.3. The number of hydrogen-bond donors (Lipinski definition) is 0.